The van der Waals surface area contributed by atoms with Gasteiger partial charge < -0.3 is 10.6 Å². The number of benzene rings is 2. The number of nitrogens with one attached hydrogen (secondary N) is 2. The van der Waals surface area contributed by atoms with Gasteiger partial charge in [-0.15, -0.1) is 0 Å². The second kappa shape index (κ2) is 8.79. The van der Waals surface area contributed by atoms with Gasteiger partial charge in [0, 0.05) is 24.8 Å². The number of nitrogens with zero attached hydrogens (tertiary/aromatic N) is 1. The van der Waals surface area contributed by atoms with Crippen LogP contribution < -0.4 is 10.6 Å². The summed E-state index contributed by atoms with van der Waals surface area (Å²) in [6.07, 6.45) is 0. The van der Waals surface area contributed by atoms with Gasteiger partial charge in [-0.1, -0.05) is 24.3 Å². The van der Waals surface area contributed by atoms with Crippen LogP contribution in [0.4, 0.5) is 5.69 Å². The minimum atomic E-state index is -3.76. The molecule has 7 nitrogen and oxygen atoms in total. The average molecular weight is 389 g/mol. The van der Waals surface area contributed by atoms with Gasteiger partial charge in [0.2, 0.25) is 15.9 Å². The lowest BCUT2D eigenvalue weighted by Gasteiger charge is -2.17. The van der Waals surface area contributed by atoms with Crippen molar-refractivity contribution >= 4 is 27.5 Å². The van der Waals surface area contributed by atoms with Crippen molar-refractivity contribution in [1.82, 2.24) is 9.62 Å². The molecular weight excluding hydrogens is 366 g/mol. The topological polar surface area (TPSA) is 95.6 Å². The number of aryl methyl sites for hydroxylation is 1. The smallest absolute Gasteiger partial charge is 0.251 e. The van der Waals surface area contributed by atoms with Crippen molar-refractivity contribution in [2.24, 2.45) is 0 Å². The van der Waals surface area contributed by atoms with Crippen LogP contribution in [0.5, 0.6) is 0 Å². The molecule has 27 heavy (non-hydrogen) atoms. The normalized spacial score (nSPS) is 11.3. The number of rotatable bonds is 7. The number of hydrogen-bond acceptors (Lipinski definition) is 4. The zero-order chi connectivity index (χ0) is 20.0. The maximum atomic E-state index is 12.5. The second-order valence-corrected chi connectivity index (χ2v) is 8.06. The summed E-state index contributed by atoms with van der Waals surface area (Å²) in [4.78, 5) is 24.4. The van der Waals surface area contributed by atoms with Crippen molar-refractivity contribution in [3.05, 3.63) is 59.7 Å². The van der Waals surface area contributed by atoms with Crippen LogP contribution in [0.25, 0.3) is 0 Å². The molecule has 0 saturated heterocycles. The number of carbonyl (C=O) groups is 2. The highest BCUT2D eigenvalue weighted by molar-refractivity contribution is 7.89. The number of anilines is 1. The fourth-order valence-electron chi connectivity index (χ4n) is 2.41. The van der Waals surface area contributed by atoms with Gasteiger partial charge in [0.15, 0.2) is 0 Å². The molecule has 2 aromatic carbocycles. The molecule has 2 N–H and O–H groups in total. The quantitative estimate of drug-likeness (QED) is 0.757. The molecule has 0 fully saturated rings. The molecule has 2 rings (SSSR count). The summed E-state index contributed by atoms with van der Waals surface area (Å²) in [5.41, 5.74) is 1.65. The van der Waals surface area contributed by atoms with E-state index in [-0.39, 0.29) is 17.3 Å². The van der Waals surface area contributed by atoms with Crippen molar-refractivity contribution < 1.29 is 18.0 Å². The Labute approximate surface area is 159 Å². The highest BCUT2D eigenvalue weighted by atomic mass is 32.2. The van der Waals surface area contributed by atoms with Crippen LogP contribution in [0.3, 0.4) is 0 Å². The zero-order valence-corrected chi connectivity index (χ0v) is 16.3. The highest BCUT2D eigenvalue weighted by Crippen LogP contribution is 2.18. The van der Waals surface area contributed by atoms with Crippen molar-refractivity contribution in [1.29, 1.82) is 0 Å². The van der Waals surface area contributed by atoms with E-state index in [1.807, 2.05) is 6.92 Å². The van der Waals surface area contributed by atoms with E-state index in [9.17, 15) is 18.0 Å². The molecular formula is C19H23N3O4S. The SMILES string of the molecule is CCNC(=O)c1ccc(C)c(NC(=O)CN(C)S(=O)(=O)c2ccccc2)c1. The summed E-state index contributed by atoms with van der Waals surface area (Å²) < 4.78 is 26.0. The van der Waals surface area contributed by atoms with E-state index in [1.165, 1.54) is 19.2 Å². The molecule has 0 aliphatic rings. The van der Waals surface area contributed by atoms with Crippen LogP contribution in [-0.4, -0.2) is 44.7 Å². The van der Waals surface area contributed by atoms with Gasteiger partial charge in [0.1, 0.15) is 0 Å². The van der Waals surface area contributed by atoms with Crippen LogP contribution in [0.2, 0.25) is 0 Å². The van der Waals surface area contributed by atoms with Gasteiger partial charge >= 0.3 is 0 Å². The van der Waals surface area contributed by atoms with Crippen LogP contribution in [0.1, 0.15) is 22.8 Å². The van der Waals surface area contributed by atoms with E-state index in [0.717, 1.165) is 9.87 Å². The molecule has 0 saturated carbocycles. The summed E-state index contributed by atoms with van der Waals surface area (Å²) in [6.45, 7) is 3.76. The van der Waals surface area contributed by atoms with E-state index in [4.69, 9.17) is 0 Å². The first-order valence-corrected chi connectivity index (χ1v) is 9.89. The summed E-state index contributed by atoms with van der Waals surface area (Å²) in [5.74, 6) is -0.732. The Kier molecular flexibility index (Phi) is 6.70. The molecule has 0 bridgehead atoms. The number of amides is 2. The predicted molar refractivity (Wildman–Crippen MR) is 104 cm³/mol. The molecule has 8 heteroatoms. The minimum absolute atomic E-state index is 0.120. The van der Waals surface area contributed by atoms with Crippen LogP contribution in [0.15, 0.2) is 53.4 Å². The summed E-state index contributed by atoms with van der Waals surface area (Å²) >= 11 is 0. The molecule has 2 aromatic rings. The standard InChI is InChI=1S/C19H23N3O4S/c1-4-20-19(24)15-11-10-14(2)17(12-15)21-18(23)13-22(3)27(25,26)16-8-6-5-7-9-16/h5-12H,4,13H2,1-3H3,(H,20,24)(H,21,23). The number of sulfonamides is 1. The zero-order valence-electron chi connectivity index (χ0n) is 15.5. The third kappa shape index (κ3) is 5.15. The Morgan fingerprint density at radius 3 is 2.37 bits per heavy atom. The van der Waals surface area contributed by atoms with E-state index < -0.39 is 15.9 Å². The van der Waals surface area contributed by atoms with Gasteiger partial charge in [-0.05, 0) is 43.7 Å². The summed E-state index contributed by atoms with van der Waals surface area (Å²) in [6, 6.07) is 12.9. The van der Waals surface area contributed by atoms with Crippen molar-refractivity contribution in [3.63, 3.8) is 0 Å². The fourth-order valence-corrected chi connectivity index (χ4v) is 3.56. The summed E-state index contributed by atoms with van der Waals surface area (Å²) in [5, 5.41) is 5.37. The Bertz CT molecular complexity index is 927. The molecule has 0 aromatic heterocycles. The van der Waals surface area contributed by atoms with Crippen molar-refractivity contribution in [2.75, 3.05) is 25.5 Å². The Morgan fingerprint density at radius 2 is 1.74 bits per heavy atom. The first kappa shape index (κ1) is 20.6. The second-order valence-electron chi connectivity index (χ2n) is 6.01. The first-order chi connectivity index (χ1) is 12.8. The van der Waals surface area contributed by atoms with Crippen molar-refractivity contribution in [3.8, 4) is 0 Å². The number of hydrogen-bond donors (Lipinski definition) is 2. The molecule has 0 spiro atoms. The monoisotopic (exact) mass is 389 g/mol. The van der Waals surface area contributed by atoms with E-state index in [0.29, 0.717) is 17.8 Å². The van der Waals surface area contributed by atoms with Crippen LogP contribution >= 0.6 is 0 Å². The molecule has 0 atom stereocenters. The third-order valence-corrected chi connectivity index (χ3v) is 5.75. The van der Waals surface area contributed by atoms with Gasteiger partial charge in [-0.25, -0.2) is 8.42 Å². The Morgan fingerprint density at radius 1 is 1.07 bits per heavy atom. The lowest BCUT2D eigenvalue weighted by Crippen LogP contribution is -2.35. The van der Waals surface area contributed by atoms with E-state index in [2.05, 4.69) is 10.6 Å². The average Bonchev–Trinajstić information content (AvgIpc) is 2.64. The maximum Gasteiger partial charge on any atom is 0.251 e. The van der Waals surface area contributed by atoms with Gasteiger partial charge in [-0.2, -0.15) is 4.31 Å². The number of carbonyl (C=O) groups excluding carboxylic acids is 2. The lowest BCUT2D eigenvalue weighted by atomic mass is 10.1. The van der Waals surface area contributed by atoms with Crippen LogP contribution in [-0.2, 0) is 14.8 Å². The van der Waals surface area contributed by atoms with Crippen LogP contribution in [0, 0.1) is 6.92 Å². The minimum Gasteiger partial charge on any atom is -0.352 e. The molecule has 0 aliphatic heterocycles. The van der Waals surface area contributed by atoms with Crippen molar-refractivity contribution in [2.45, 2.75) is 18.7 Å². The van der Waals surface area contributed by atoms with Gasteiger partial charge in [0.25, 0.3) is 5.91 Å². The van der Waals surface area contributed by atoms with E-state index in [1.54, 1.807) is 43.3 Å². The Hall–Kier alpha value is -2.71. The molecule has 2 amide bonds. The molecule has 0 aliphatic carbocycles. The first-order valence-electron chi connectivity index (χ1n) is 8.45. The number of likely N-dealkylation sites (N-methyl/N-ethyl adjacent to an activating group) is 1. The maximum absolute atomic E-state index is 12.5. The van der Waals surface area contributed by atoms with Gasteiger partial charge in [-0.3, -0.25) is 9.59 Å². The molecule has 0 unspecified atom stereocenters. The molecule has 0 radical (unpaired) electrons. The summed E-state index contributed by atoms with van der Waals surface area (Å²) in [7, 11) is -2.41. The Balaban J connectivity index is 2.11. The third-order valence-electron chi connectivity index (χ3n) is 3.93. The fraction of sp³-hybridized carbons (Fsp3) is 0.263. The molecule has 144 valence electrons. The lowest BCUT2D eigenvalue weighted by molar-refractivity contribution is -0.116. The highest BCUT2D eigenvalue weighted by Gasteiger charge is 2.23. The molecule has 0 heterocycles. The van der Waals surface area contributed by atoms with Gasteiger partial charge in [0.05, 0.1) is 11.4 Å². The van der Waals surface area contributed by atoms with E-state index >= 15 is 0 Å². The largest absolute Gasteiger partial charge is 0.352 e. The predicted octanol–water partition coefficient (Wildman–Crippen LogP) is 2.00.